The molecule has 1 aromatic rings. The van der Waals surface area contributed by atoms with Crippen LogP contribution in [-0.4, -0.2) is 23.5 Å². The van der Waals surface area contributed by atoms with Gasteiger partial charge >= 0.3 is 0 Å². The number of aryl methyl sites for hydroxylation is 1. The maximum atomic E-state index is 12.3. The van der Waals surface area contributed by atoms with E-state index in [1.54, 1.807) is 13.0 Å². The van der Waals surface area contributed by atoms with Crippen LogP contribution in [0.15, 0.2) is 18.2 Å². The molecule has 0 heterocycles. The van der Waals surface area contributed by atoms with Crippen LogP contribution in [0.5, 0.6) is 5.75 Å². The number of hydrogen-bond donors (Lipinski definition) is 1. The fourth-order valence-electron chi connectivity index (χ4n) is 3.63. The number of hydrogen-bond acceptors (Lipinski definition) is 4. The molecular weight excluding hydrogens is 344 g/mol. The standard InChI is InChI=1S/C21H32N2O4/c1-17-15-19(23(25)26)13-14-20(17)27-16-21(24)22-18-11-9-7-5-3-2-4-6-8-10-12-18/h13-15,18H,2-12,16H2,1H3,(H,22,24). The monoisotopic (exact) mass is 376 g/mol. The van der Waals surface area contributed by atoms with E-state index in [0.29, 0.717) is 11.3 Å². The molecule has 1 saturated carbocycles. The number of ether oxygens (including phenoxy) is 1. The molecule has 0 aliphatic heterocycles. The van der Waals surface area contributed by atoms with Crippen LogP contribution in [0.1, 0.15) is 76.2 Å². The first-order valence-corrected chi connectivity index (χ1v) is 10.2. The van der Waals surface area contributed by atoms with E-state index in [1.807, 2.05) is 0 Å². The summed E-state index contributed by atoms with van der Waals surface area (Å²) in [5.41, 5.74) is 0.681. The van der Waals surface area contributed by atoms with Crippen LogP contribution in [0.2, 0.25) is 0 Å². The average molecular weight is 376 g/mol. The number of non-ortho nitro benzene ring substituents is 1. The lowest BCUT2D eigenvalue weighted by Gasteiger charge is -2.20. The molecular formula is C21H32N2O4. The molecule has 0 aromatic heterocycles. The van der Waals surface area contributed by atoms with Gasteiger partial charge in [0.25, 0.3) is 11.6 Å². The first-order valence-electron chi connectivity index (χ1n) is 10.2. The van der Waals surface area contributed by atoms with Crippen molar-refractivity contribution in [2.75, 3.05) is 6.61 Å². The third-order valence-electron chi connectivity index (χ3n) is 5.20. The van der Waals surface area contributed by atoms with Gasteiger partial charge in [0, 0.05) is 18.2 Å². The van der Waals surface area contributed by atoms with Crippen molar-refractivity contribution in [3.63, 3.8) is 0 Å². The van der Waals surface area contributed by atoms with Crippen LogP contribution >= 0.6 is 0 Å². The molecule has 1 fully saturated rings. The molecule has 0 atom stereocenters. The van der Waals surface area contributed by atoms with Gasteiger partial charge in [-0.1, -0.05) is 57.8 Å². The summed E-state index contributed by atoms with van der Waals surface area (Å²) in [5, 5.41) is 13.9. The number of nitro benzene ring substituents is 1. The van der Waals surface area contributed by atoms with E-state index in [1.165, 1.54) is 57.1 Å². The number of nitrogens with one attached hydrogen (secondary N) is 1. The smallest absolute Gasteiger partial charge is 0.269 e. The Labute approximate surface area is 161 Å². The Hall–Kier alpha value is -2.11. The van der Waals surface area contributed by atoms with E-state index in [0.717, 1.165) is 25.7 Å². The second kappa shape index (κ2) is 11.6. The number of carbonyl (C=O) groups is 1. The minimum Gasteiger partial charge on any atom is -0.484 e. The van der Waals surface area contributed by atoms with Crippen LogP contribution in [0.3, 0.4) is 0 Å². The summed E-state index contributed by atoms with van der Waals surface area (Å²) < 4.78 is 5.58. The van der Waals surface area contributed by atoms with Gasteiger partial charge in [-0.25, -0.2) is 0 Å². The third kappa shape index (κ3) is 7.97. The molecule has 2 rings (SSSR count). The number of carbonyl (C=O) groups excluding carboxylic acids is 1. The average Bonchev–Trinajstić information content (AvgIpc) is 2.62. The van der Waals surface area contributed by atoms with Crippen LogP contribution in [0, 0.1) is 17.0 Å². The van der Waals surface area contributed by atoms with Gasteiger partial charge in [-0.15, -0.1) is 0 Å². The van der Waals surface area contributed by atoms with Gasteiger partial charge in [0.1, 0.15) is 5.75 Å². The minimum absolute atomic E-state index is 0.0255. The van der Waals surface area contributed by atoms with Gasteiger partial charge in [0.05, 0.1) is 4.92 Å². The van der Waals surface area contributed by atoms with Gasteiger partial charge in [0.2, 0.25) is 0 Å². The van der Waals surface area contributed by atoms with E-state index in [-0.39, 0.29) is 24.2 Å². The highest BCUT2D eigenvalue weighted by Gasteiger charge is 2.14. The van der Waals surface area contributed by atoms with E-state index >= 15 is 0 Å². The fraction of sp³-hybridized carbons (Fsp3) is 0.667. The minimum atomic E-state index is -0.437. The summed E-state index contributed by atoms with van der Waals surface area (Å²) in [6.07, 6.45) is 13.5. The van der Waals surface area contributed by atoms with Crippen LogP contribution in [-0.2, 0) is 4.79 Å². The van der Waals surface area contributed by atoms with Crippen LogP contribution in [0.4, 0.5) is 5.69 Å². The molecule has 0 saturated heterocycles. The molecule has 1 aliphatic carbocycles. The van der Waals surface area contributed by atoms with E-state index in [2.05, 4.69) is 5.32 Å². The second-order valence-electron chi connectivity index (χ2n) is 7.52. The lowest BCUT2D eigenvalue weighted by molar-refractivity contribution is -0.384. The zero-order valence-corrected chi connectivity index (χ0v) is 16.4. The van der Waals surface area contributed by atoms with Crippen molar-refractivity contribution in [2.45, 2.75) is 83.6 Å². The Balaban J connectivity index is 1.80. The lowest BCUT2D eigenvalue weighted by atomic mass is 9.98. The fourth-order valence-corrected chi connectivity index (χ4v) is 3.63. The Morgan fingerprint density at radius 3 is 2.15 bits per heavy atom. The first-order chi connectivity index (χ1) is 13.1. The van der Waals surface area contributed by atoms with Gasteiger partial charge in [0.15, 0.2) is 6.61 Å². The molecule has 0 radical (unpaired) electrons. The van der Waals surface area contributed by atoms with Gasteiger partial charge in [-0.3, -0.25) is 14.9 Å². The number of nitro groups is 1. The molecule has 0 unspecified atom stereocenters. The van der Waals surface area contributed by atoms with E-state index < -0.39 is 4.92 Å². The Bertz CT molecular complexity index is 606. The Morgan fingerprint density at radius 2 is 1.63 bits per heavy atom. The van der Waals surface area contributed by atoms with Crippen molar-refractivity contribution in [2.24, 2.45) is 0 Å². The second-order valence-corrected chi connectivity index (χ2v) is 7.52. The summed E-state index contributed by atoms with van der Waals surface area (Å²) in [6, 6.07) is 4.63. The summed E-state index contributed by atoms with van der Waals surface area (Å²) >= 11 is 0. The lowest BCUT2D eigenvalue weighted by Crippen LogP contribution is -2.38. The molecule has 1 aliphatic rings. The van der Waals surface area contributed by atoms with Gasteiger partial charge in [-0.2, -0.15) is 0 Å². The predicted molar refractivity (Wildman–Crippen MR) is 106 cm³/mol. The normalized spacial score (nSPS) is 17.4. The van der Waals surface area contributed by atoms with Crippen LogP contribution in [0.25, 0.3) is 0 Å². The highest BCUT2D eigenvalue weighted by molar-refractivity contribution is 5.77. The molecule has 6 heteroatoms. The molecule has 0 spiro atoms. The van der Waals surface area contributed by atoms with Crippen molar-refractivity contribution in [3.05, 3.63) is 33.9 Å². The maximum Gasteiger partial charge on any atom is 0.269 e. The Morgan fingerprint density at radius 1 is 1.07 bits per heavy atom. The zero-order valence-electron chi connectivity index (χ0n) is 16.4. The van der Waals surface area contributed by atoms with E-state index in [9.17, 15) is 14.9 Å². The molecule has 1 N–H and O–H groups in total. The highest BCUT2D eigenvalue weighted by atomic mass is 16.6. The molecule has 27 heavy (non-hydrogen) atoms. The summed E-state index contributed by atoms with van der Waals surface area (Å²) in [5.74, 6) is 0.388. The van der Waals surface area contributed by atoms with Crippen molar-refractivity contribution in [1.82, 2.24) is 5.32 Å². The quantitative estimate of drug-likeness (QED) is 0.574. The highest BCUT2D eigenvalue weighted by Crippen LogP contribution is 2.23. The Kier molecular flexibility index (Phi) is 9.08. The SMILES string of the molecule is Cc1cc([N+](=O)[O-])ccc1OCC(=O)NC1CCCCCCCCCCC1. The summed E-state index contributed by atoms with van der Waals surface area (Å²) in [7, 11) is 0. The van der Waals surface area contributed by atoms with E-state index in [4.69, 9.17) is 4.74 Å². The molecule has 0 bridgehead atoms. The molecule has 150 valence electrons. The van der Waals surface area contributed by atoms with Crippen molar-refractivity contribution in [1.29, 1.82) is 0 Å². The van der Waals surface area contributed by atoms with Crippen molar-refractivity contribution >= 4 is 11.6 Å². The summed E-state index contributed by atoms with van der Waals surface area (Å²) in [6.45, 7) is 1.68. The van der Waals surface area contributed by atoms with Gasteiger partial charge < -0.3 is 10.1 Å². The van der Waals surface area contributed by atoms with Crippen molar-refractivity contribution in [3.8, 4) is 5.75 Å². The first kappa shape index (κ1) is 21.2. The third-order valence-corrected chi connectivity index (χ3v) is 5.20. The number of amides is 1. The van der Waals surface area contributed by atoms with Crippen molar-refractivity contribution < 1.29 is 14.5 Å². The van der Waals surface area contributed by atoms with Gasteiger partial charge in [-0.05, 0) is 31.4 Å². The maximum absolute atomic E-state index is 12.3. The zero-order chi connectivity index (χ0) is 19.5. The summed E-state index contributed by atoms with van der Waals surface area (Å²) in [4.78, 5) is 22.7. The number of nitrogens with zero attached hydrogens (tertiary/aromatic N) is 1. The molecule has 1 aromatic carbocycles. The molecule has 6 nitrogen and oxygen atoms in total. The largest absolute Gasteiger partial charge is 0.484 e. The molecule has 1 amide bonds. The number of benzene rings is 1. The number of rotatable bonds is 5. The predicted octanol–water partition coefficient (Wildman–Crippen LogP) is 5.07. The van der Waals surface area contributed by atoms with Crippen LogP contribution < -0.4 is 10.1 Å². The topological polar surface area (TPSA) is 81.5 Å².